The second-order valence-corrected chi connectivity index (χ2v) is 8.74. The van der Waals surface area contributed by atoms with Crippen LogP contribution in [0.1, 0.15) is 0 Å². The van der Waals surface area contributed by atoms with Crippen LogP contribution in [-0.4, -0.2) is 73.4 Å². The summed E-state index contributed by atoms with van der Waals surface area (Å²) in [6.45, 7) is 4.86. The van der Waals surface area contributed by atoms with Gasteiger partial charge in [0.15, 0.2) is 0 Å². The number of benzene rings is 2. The SMILES string of the molecule is CN(C)CCOc1ccc(-c2cccc3cnc(Nc4ccc(N5CCOCC5)cc4)nc23)nc1. The van der Waals surface area contributed by atoms with Crippen molar-refractivity contribution in [2.24, 2.45) is 0 Å². The van der Waals surface area contributed by atoms with Crippen molar-refractivity contribution in [1.29, 1.82) is 0 Å². The highest BCUT2D eigenvalue weighted by Gasteiger charge is 2.12. The number of ether oxygens (including phenoxy) is 2. The van der Waals surface area contributed by atoms with Gasteiger partial charge in [-0.05, 0) is 50.5 Å². The molecule has 0 spiro atoms. The van der Waals surface area contributed by atoms with Crippen LogP contribution in [0.25, 0.3) is 22.2 Å². The van der Waals surface area contributed by atoms with Crippen molar-refractivity contribution in [2.75, 3.05) is 63.8 Å². The highest BCUT2D eigenvalue weighted by Crippen LogP contribution is 2.28. The summed E-state index contributed by atoms with van der Waals surface area (Å²) in [5.41, 5.74) is 4.78. The van der Waals surface area contributed by atoms with E-state index in [9.17, 15) is 0 Å². The van der Waals surface area contributed by atoms with Crippen LogP contribution in [0.4, 0.5) is 17.3 Å². The zero-order chi connectivity index (χ0) is 24.0. The third-order valence-electron chi connectivity index (χ3n) is 5.93. The van der Waals surface area contributed by atoms with Crippen molar-refractivity contribution in [3.63, 3.8) is 0 Å². The molecule has 2 aromatic heterocycles. The smallest absolute Gasteiger partial charge is 0.227 e. The quantitative estimate of drug-likeness (QED) is 0.410. The normalized spacial score (nSPS) is 13.9. The average Bonchev–Trinajstić information content (AvgIpc) is 2.89. The maximum Gasteiger partial charge on any atom is 0.227 e. The molecule has 1 saturated heterocycles. The molecule has 0 bridgehead atoms. The summed E-state index contributed by atoms with van der Waals surface area (Å²) < 4.78 is 11.2. The van der Waals surface area contributed by atoms with Crippen molar-refractivity contribution in [1.82, 2.24) is 19.9 Å². The number of rotatable bonds is 8. The lowest BCUT2D eigenvalue weighted by Crippen LogP contribution is -2.36. The van der Waals surface area contributed by atoms with E-state index in [1.165, 1.54) is 5.69 Å². The monoisotopic (exact) mass is 470 g/mol. The van der Waals surface area contributed by atoms with Crippen molar-refractivity contribution in [3.05, 3.63) is 67.0 Å². The summed E-state index contributed by atoms with van der Waals surface area (Å²) in [6.07, 6.45) is 3.61. The van der Waals surface area contributed by atoms with E-state index in [2.05, 4.69) is 49.4 Å². The number of para-hydroxylation sites is 1. The van der Waals surface area contributed by atoms with Gasteiger partial charge >= 0.3 is 0 Å². The molecule has 180 valence electrons. The molecule has 0 aliphatic carbocycles. The second-order valence-electron chi connectivity index (χ2n) is 8.74. The minimum Gasteiger partial charge on any atom is -0.491 e. The van der Waals surface area contributed by atoms with Gasteiger partial charge in [-0.3, -0.25) is 4.98 Å². The van der Waals surface area contributed by atoms with Gasteiger partial charge in [-0.15, -0.1) is 0 Å². The Morgan fingerprint density at radius 3 is 2.54 bits per heavy atom. The summed E-state index contributed by atoms with van der Waals surface area (Å²) in [4.78, 5) is 18.4. The molecule has 0 radical (unpaired) electrons. The third kappa shape index (κ3) is 5.67. The topological polar surface area (TPSA) is 75.6 Å². The maximum atomic E-state index is 5.78. The van der Waals surface area contributed by atoms with Crippen molar-refractivity contribution >= 4 is 28.2 Å². The predicted octanol–water partition coefficient (Wildman–Crippen LogP) is 4.21. The molecule has 1 N–H and O–H groups in total. The molecule has 8 nitrogen and oxygen atoms in total. The first-order valence-electron chi connectivity index (χ1n) is 11.9. The molecule has 0 unspecified atom stereocenters. The van der Waals surface area contributed by atoms with Crippen LogP contribution in [0.15, 0.2) is 67.0 Å². The summed E-state index contributed by atoms with van der Waals surface area (Å²) in [5.74, 6) is 1.31. The molecule has 2 aromatic carbocycles. The van der Waals surface area contributed by atoms with E-state index < -0.39 is 0 Å². The van der Waals surface area contributed by atoms with Crippen LogP contribution >= 0.6 is 0 Å². The molecule has 8 heteroatoms. The van der Waals surface area contributed by atoms with Gasteiger partial charge in [-0.2, -0.15) is 0 Å². The molecule has 1 aliphatic heterocycles. The van der Waals surface area contributed by atoms with Gasteiger partial charge in [0.1, 0.15) is 12.4 Å². The highest BCUT2D eigenvalue weighted by molar-refractivity contribution is 5.93. The molecule has 1 fully saturated rings. The maximum absolute atomic E-state index is 5.78. The van der Waals surface area contributed by atoms with Crippen LogP contribution < -0.4 is 15.0 Å². The molecule has 4 aromatic rings. The van der Waals surface area contributed by atoms with Crippen LogP contribution in [0.2, 0.25) is 0 Å². The van der Waals surface area contributed by atoms with E-state index in [1.54, 1.807) is 6.20 Å². The van der Waals surface area contributed by atoms with Crippen molar-refractivity contribution in [2.45, 2.75) is 0 Å². The lowest BCUT2D eigenvalue weighted by molar-refractivity contribution is 0.122. The van der Waals surface area contributed by atoms with Gasteiger partial charge in [0, 0.05) is 48.2 Å². The number of aromatic nitrogens is 3. The van der Waals surface area contributed by atoms with Crippen LogP contribution in [0.3, 0.4) is 0 Å². The van der Waals surface area contributed by atoms with Crippen LogP contribution in [0, 0.1) is 0 Å². The number of morpholine rings is 1. The number of pyridine rings is 1. The Balaban J connectivity index is 1.33. The molecular formula is C27H30N6O2. The van der Waals surface area contributed by atoms with Crippen molar-refractivity contribution < 1.29 is 9.47 Å². The standard InChI is InChI=1S/C27H30N6O2/c1-32(2)12-17-35-23-10-11-25(28-19-23)24-5-3-4-20-18-29-27(31-26(20)24)30-21-6-8-22(9-7-21)33-13-15-34-16-14-33/h3-11,18-19H,12-17H2,1-2H3,(H,29,30,31). The van der Waals surface area contributed by atoms with E-state index >= 15 is 0 Å². The highest BCUT2D eigenvalue weighted by atomic mass is 16.5. The third-order valence-corrected chi connectivity index (χ3v) is 5.93. The molecule has 0 saturated carbocycles. The predicted molar refractivity (Wildman–Crippen MR) is 140 cm³/mol. The summed E-state index contributed by atoms with van der Waals surface area (Å²) in [7, 11) is 4.05. The number of fused-ring (bicyclic) bond motifs is 1. The van der Waals surface area contributed by atoms with Gasteiger partial charge in [-0.25, -0.2) is 9.97 Å². The minimum atomic E-state index is 0.549. The number of hydrogen-bond donors (Lipinski definition) is 1. The van der Waals surface area contributed by atoms with E-state index in [1.807, 2.05) is 50.6 Å². The van der Waals surface area contributed by atoms with Gasteiger partial charge < -0.3 is 24.6 Å². The Morgan fingerprint density at radius 1 is 0.971 bits per heavy atom. The minimum absolute atomic E-state index is 0.549. The lowest BCUT2D eigenvalue weighted by atomic mass is 10.1. The summed E-state index contributed by atoms with van der Waals surface area (Å²) in [6, 6.07) is 18.3. The number of likely N-dealkylation sites (N-methyl/N-ethyl adjacent to an activating group) is 1. The fourth-order valence-corrected chi connectivity index (χ4v) is 4.00. The average molecular weight is 471 g/mol. The first-order valence-corrected chi connectivity index (χ1v) is 11.9. The Kier molecular flexibility index (Phi) is 7.02. The molecule has 0 amide bonds. The summed E-state index contributed by atoms with van der Waals surface area (Å²) in [5, 5.41) is 4.30. The molecular weight excluding hydrogens is 440 g/mol. The first kappa shape index (κ1) is 23.0. The second kappa shape index (κ2) is 10.7. The van der Waals surface area contributed by atoms with E-state index in [0.717, 1.165) is 66.4 Å². The zero-order valence-corrected chi connectivity index (χ0v) is 20.1. The number of nitrogens with zero attached hydrogens (tertiary/aromatic N) is 5. The van der Waals surface area contributed by atoms with E-state index in [0.29, 0.717) is 12.6 Å². The van der Waals surface area contributed by atoms with E-state index in [-0.39, 0.29) is 0 Å². The molecule has 0 atom stereocenters. The van der Waals surface area contributed by atoms with Gasteiger partial charge in [-0.1, -0.05) is 18.2 Å². The van der Waals surface area contributed by atoms with Crippen LogP contribution in [0.5, 0.6) is 5.75 Å². The van der Waals surface area contributed by atoms with Crippen molar-refractivity contribution in [3.8, 4) is 17.0 Å². The van der Waals surface area contributed by atoms with Gasteiger partial charge in [0.2, 0.25) is 5.95 Å². The molecule has 1 aliphatic rings. The summed E-state index contributed by atoms with van der Waals surface area (Å²) >= 11 is 0. The zero-order valence-electron chi connectivity index (χ0n) is 20.1. The number of nitrogens with one attached hydrogen (secondary N) is 1. The fourth-order valence-electron chi connectivity index (χ4n) is 4.00. The van der Waals surface area contributed by atoms with Crippen LogP contribution in [-0.2, 0) is 4.74 Å². The number of anilines is 3. The lowest BCUT2D eigenvalue weighted by Gasteiger charge is -2.28. The largest absolute Gasteiger partial charge is 0.491 e. The number of hydrogen-bond acceptors (Lipinski definition) is 8. The molecule has 5 rings (SSSR count). The Hall–Kier alpha value is -3.75. The Bertz CT molecular complexity index is 1260. The molecule has 3 heterocycles. The fraction of sp³-hybridized carbons (Fsp3) is 0.296. The van der Waals surface area contributed by atoms with Gasteiger partial charge in [0.05, 0.1) is 30.6 Å². The van der Waals surface area contributed by atoms with Gasteiger partial charge in [0.25, 0.3) is 0 Å². The first-order chi connectivity index (χ1) is 17.2. The Morgan fingerprint density at radius 2 is 1.80 bits per heavy atom. The Labute approximate surface area is 205 Å². The molecule has 35 heavy (non-hydrogen) atoms. The van der Waals surface area contributed by atoms with E-state index in [4.69, 9.17) is 14.5 Å².